The molecule has 1 rings (SSSR count). The van der Waals surface area contributed by atoms with Crippen molar-refractivity contribution in [1.29, 1.82) is 0 Å². The van der Waals surface area contributed by atoms with Gasteiger partial charge in [-0.1, -0.05) is 6.92 Å². The third-order valence-corrected chi connectivity index (χ3v) is 2.39. The number of hydrogen-bond acceptors (Lipinski definition) is 4. The van der Waals surface area contributed by atoms with Crippen molar-refractivity contribution < 1.29 is 19.4 Å². The number of nitrogens with two attached hydrogens (primary N) is 1. The Morgan fingerprint density at radius 1 is 1.37 bits per heavy atom. The predicted octanol–water partition coefficient (Wildman–Crippen LogP) is 1.72. The van der Waals surface area contributed by atoms with E-state index in [0.717, 1.165) is 6.42 Å². The summed E-state index contributed by atoms with van der Waals surface area (Å²) in [4.78, 5) is 22.3. The van der Waals surface area contributed by atoms with Gasteiger partial charge in [-0.05, 0) is 24.6 Å². The molecule has 104 valence electrons. The van der Waals surface area contributed by atoms with Crippen molar-refractivity contribution >= 4 is 23.3 Å². The molecule has 0 saturated carbocycles. The standard InChI is InChI=1S/C13H18N2O4/c1-2-6-19-7-5-12(16)15-11-4-3-9(13(17)18)8-10(11)14/h3-4,8H,2,5-7,14H2,1H3,(H,15,16)(H,17,18). The molecular weight excluding hydrogens is 248 g/mol. The lowest BCUT2D eigenvalue weighted by Crippen LogP contribution is -2.15. The van der Waals surface area contributed by atoms with Crippen LogP contribution in [-0.2, 0) is 9.53 Å². The molecule has 0 bridgehead atoms. The van der Waals surface area contributed by atoms with Gasteiger partial charge in [0.1, 0.15) is 0 Å². The van der Waals surface area contributed by atoms with Gasteiger partial charge in [0.25, 0.3) is 0 Å². The van der Waals surface area contributed by atoms with Crippen LogP contribution in [0.25, 0.3) is 0 Å². The summed E-state index contributed by atoms with van der Waals surface area (Å²) in [6.45, 7) is 2.97. The van der Waals surface area contributed by atoms with Crippen LogP contribution in [0.2, 0.25) is 0 Å². The SMILES string of the molecule is CCCOCCC(=O)Nc1ccc(C(=O)O)cc1N. The molecule has 19 heavy (non-hydrogen) atoms. The Balaban J connectivity index is 2.52. The van der Waals surface area contributed by atoms with E-state index in [-0.39, 0.29) is 23.6 Å². The number of anilines is 2. The number of carboxylic acid groups (broad SMARTS) is 1. The van der Waals surface area contributed by atoms with Crippen molar-refractivity contribution in [2.24, 2.45) is 0 Å². The molecule has 0 aliphatic heterocycles. The van der Waals surface area contributed by atoms with Gasteiger partial charge < -0.3 is 20.9 Å². The summed E-state index contributed by atoms with van der Waals surface area (Å²) in [7, 11) is 0. The van der Waals surface area contributed by atoms with E-state index in [2.05, 4.69) is 5.32 Å². The van der Waals surface area contributed by atoms with Gasteiger partial charge in [-0.25, -0.2) is 4.79 Å². The van der Waals surface area contributed by atoms with Crippen molar-refractivity contribution in [1.82, 2.24) is 0 Å². The molecule has 0 atom stereocenters. The Hall–Kier alpha value is -2.08. The summed E-state index contributed by atoms with van der Waals surface area (Å²) in [5.41, 5.74) is 6.39. The third kappa shape index (κ3) is 4.97. The van der Waals surface area contributed by atoms with Crippen molar-refractivity contribution in [3.63, 3.8) is 0 Å². The van der Waals surface area contributed by atoms with E-state index in [1.54, 1.807) is 0 Å². The molecule has 0 aliphatic rings. The van der Waals surface area contributed by atoms with Gasteiger partial charge >= 0.3 is 5.97 Å². The molecule has 1 amide bonds. The van der Waals surface area contributed by atoms with Crippen LogP contribution in [0.15, 0.2) is 18.2 Å². The number of hydrogen-bond donors (Lipinski definition) is 3. The minimum atomic E-state index is -1.06. The van der Waals surface area contributed by atoms with Crippen LogP contribution in [0.1, 0.15) is 30.1 Å². The van der Waals surface area contributed by atoms with Gasteiger partial charge in [-0.15, -0.1) is 0 Å². The minimum Gasteiger partial charge on any atom is -0.478 e. The van der Waals surface area contributed by atoms with E-state index in [0.29, 0.717) is 18.9 Å². The van der Waals surface area contributed by atoms with E-state index in [4.69, 9.17) is 15.6 Å². The number of carboxylic acids is 1. The molecule has 4 N–H and O–H groups in total. The number of aromatic carboxylic acids is 1. The zero-order chi connectivity index (χ0) is 14.3. The summed E-state index contributed by atoms with van der Waals surface area (Å²) in [6.07, 6.45) is 1.14. The first kappa shape index (κ1) is 15.0. The Labute approximate surface area is 111 Å². The average molecular weight is 266 g/mol. The summed E-state index contributed by atoms with van der Waals surface area (Å²) < 4.78 is 5.20. The average Bonchev–Trinajstić information content (AvgIpc) is 2.37. The zero-order valence-corrected chi connectivity index (χ0v) is 10.8. The Bertz CT molecular complexity index is 460. The third-order valence-electron chi connectivity index (χ3n) is 2.39. The fourth-order valence-corrected chi connectivity index (χ4v) is 1.43. The van der Waals surface area contributed by atoms with Crippen molar-refractivity contribution in [2.75, 3.05) is 24.3 Å². The molecular formula is C13H18N2O4. The van der Waals surface area contributed by atoms with Crippen LogP contribution in [0.3, 0.4) is 0 Å². The largest absolute Gasteiger partial charge is 0.478 e. The molecule has 0 unspecified atom stereocenters. The molecule has 0 heterocycles. The van der Waals surface area contributed by atoms with Crippen molar-refractivity contribution in [3.05, 3.63) is 23.8 Å². The molecule has 6 heteroatoms. The lowest BCUT2D eigenvalue weighted by molar-refractivity contribution is -0.117. The molecule has 0 radical (unpaired) electrons. The fraction of sp³-hybridized carbons (Fsp3) is 0.385. The van der Waals surface area contributed by atoms with E-state index >= 15 is 0 Å². The number of carbonyl (C=O) groups excluding carboxylic acids is 1. The summed E-state index contributed by atoms with van der Waals surface area (Å²) >= 11 is 0. The quantitative estimate of drug-likeness (QED) is 0.515. The first-order valence-electron chi connectivity index (χ1n) is 6.05. The molecule has 1 aromatic rings. The van der Waals surface area contributed by atoms with Crippen LogP contribution in [0.5, 0.6) is 0 Å². The van der Waals surface area contributed by atoms with Gasteiger partial charge in [0.2, 0.25) is 5.91 Å². The first-order chi connectivity index (χ1) is 9.04. The van der Waals surface area contributed by atoms with Crippen LogP contribution in [-0.4, -0.2) is 30.2 Å². The number of amides is 1. The normalized spacial score (nSPS) is 10.2. The van der Waals surface area contributed by atoms with Gasteiger partial charge in [-0.3, -0.25) is 4.79 Å². The van der Waals surface area contributed by atoms with Gasteiger partial charge in [-0.2, -0.15) is 0 Å². The number of nitrogen functional groups attached to an aromatic ring is 1. The van der Waals surface area contributed by atoms with E-state index < -0.39 is 5.97 Å². The smallest absolute Gasteiger partial charge is 0.335 e. The highest BCUT2D eigenvalue weighted by Gasteiger charge is 2.08. The monoisotopic (exact) mass is 266 g/mol. The van der Waals surface area contributed by atoms with Crippen LogP contribution >= 0.6 is 0 Å². The highest BCUT2D eigenvalue weighted by atomic mass is 16.5. The van der Waals surface area contributed by atoms with Crippen LogP contribution < -0.4 is 11.1 Å². The Kier molecular flexibility index (Phi) is 5.81. The number of nitrogens with one attached hydrogen (secondary N) is 1. The number of carbonyl (C=O) groups is 2. The highest BCUT2D eigenvalue weighted by molar-refractivity contribution is 5.96. The van der Waals surface area contributed by atoms with E-state index in [9.17, 15) is 9.59 Å². The zero-order valence-electron chi connectivity index (χ0n) is 10.8. The van der Waals surface area contributed by atoms with E-state index in [1.165, 1.54) is 18.2 Å². The molecule has 1 aromatic carbocycles. The second-order valence-corrected chi connectivity index (χ2v) is 4.02. The number of benzene rings is 1. The Morgan fingerprint density at radius 2 is 2.11 bits per heavy atom. The predicted molar refractivity (Wildman–Crippen MR) is 72.2 cm³/mol. The maximum absolute atomic E-state index is 11.6. The number of rotatable bonds is 7. The molecule has 0 aromatic heterocycles. The second-order valence-electron chi connectivity index (χ2n) is 4.02. The first-order valence-corrected chi connectivity index (χ1v) is 6.05. The maximum atomic E-state index is 11.6. The molecule has 0 saturated heterocycles. The van der Waals surface area contributed by atoms with Gasteiger partial charge in [0.05, 0.1) is 30.0 Å². The summed E-state index contributed by atoms with van der Waals surface area (Å²) in [6, 6.07) is 4.18. The lowest BCUT2D eigenvalue weighted by atomic mass is 10.1. The maximum Gasteiger partial charge on any atom is 0.335 e. The fourth-order valence-electron chi connectivity index (χ4n) is 1.43. The number of ether oxygens (including phenoxy) is 1. The minimum absolute atomic E-state index is 0.0850. The molecule has 0 spiro atoms. The van der Waals surface area contributed by atoms with Crippen LogP contribution in [0.4, 0.5) is 11.4 Å². The van der Waals surface area contributed by atoms with E-state index in [1.807, 2.05) is 6.92 Å². The Morgan fingerprint density at radius 3 is 2.68 bits per heavy atom. The topological polar surface area (TPSA) is 102 Å². The lowest BCUT2D eigenvalue weighted by Gasteiger charge is -2.09. The summed E-state index contributed by atoms with van der Waals surface area (Å²) in [5.74, 6) is -1.27. The van der Waals surface area contributed by atoms with Crippen molar-refractivity contribution in [2.45, 2.75) is 19.8 Å². The molecule has 0 aliphatic carbocycles. The summed E-state index contributed by atoms with van der Waals surface area (Å²) in [5, 5.41) is 11.4. The molecule has 6 nitrogen and oxygen atoms in total. The molecule has 0 fully saturated rings. The van der Waals surface area contributed by atoms with Gasteiger partial charge in [0.15, 0.2) is 0 Å². The highest BCUT2D eigenvalue weighted by Crippen LogP contribution is 2.20. The van der Waals surface area contributed by atoms with Crippen LogP contribution in [0, 0.1) is 0 Å². The second kappa shape index (κ2) is 7.38. The van der Waals surface area contributed by atoms with Crippen molar-refractivity contribution in [3.8, 4) is 0 Å². The van der Waals surface area contributed by atoms with Gasteiger partial charge in [0, 0.05) is 6.61 Å².